The molecule has 0 saturated carbocycles. The van der Waals surface area contributed by atoms with Crippen LogP contribution in [-0.2, 0) is 15.1 Å². The topological polar surface area (TPSA) is 109 Å². The number of alkyl halides is 1. The predicted octanol–water partition coefficient (Wildman–Crippen LogP) is 1.48. The fraction of sp³-hybridized carbons (Fsp3) is 0.409. The van der Waals surface area contributed by atoms with Crippen molar-refractivity contribution in [3.63, 3.8) is 0 Å². The third kappa shape index (κ3) is 3.72. The summed E-state index contributed by atoms with van der Waals surface area (Å²) in [6.07, 6.45) is 0.200. The summed E-state index contributed by atoms with van der Waals surface area (Å²) in [5.41, 5.74) is -2.67. The van der Waals surface area contributed by atoms with Gasteiger partial charge in [0.25, 0.3) is 5.91 Å². The third-order valence-electron chi connectivity index (χ3n) is 5.35. The highest BCUT2D eigenvalue weighted by Crippen LogP contribution is 2.44. The highest BCUT2D eigenvalue weighted by Gasteiger charge is 2.43. The van der Waals surface area contributed by atoms with Crippen molar-refractivity contribution in [1.82, 2.24) is 9.88 Å². The maximum atomic E-state index is 13.8. The second kappa shape index (κ2) is 8.16. The van der Waals surface area contributed by atoms with E-state index in [1.54, 1.807) is 32.2 Å². The largest absolute Gasteiger partial charge is 0.489 e. The molecule has 4 rings (SSSR count). The minimum absolute atomic E-state index is 0.0121. The van der Waals surface area contributed by atoms with E-state index in [0.717, 1.165) is 11.3 Å². The molecule has 1 saturated heterocycles. The third-order valence-corrected chi connectivity index (χ3v) is 6.57. The molecule has 2 atom stereocenters. The molecule has 3 heterocycles. The average Bonchev–Trinajstić information content (AvgIpc) is 3.32. The number of benzene rings is 1. The van der Waals surface area contributed by atoms with Crippen LogP contribution in [0.25, 0.3) is 11.3 Å². The van der Waals surface area contributed by atoms with E-state index < -0.39 is 29.8 Å². The Morgan fingerprint density at radius 1 is 1.44 bits per heavy atom. The van der Waals surface area contributed by atoms with Gasteiger partial charge in [0.2, 0.25) is 10.6 Å². The van der Waals surface area contributed by atoms with Crippen molar-refractivity contribution < 1.29 is 33.7 Å². The van der Waals surface area contributed by atoms with Crippen LogP contribution in [0.3, 0.4) is 0 Å². The zero-order chi connectivity index (χ0) is 23.1. The van der Waals surface area contributed by atoms with Crippen molar-refractivity contribution in [1.29, 1.82) is 0 Å². The first kappa shape index (κ1) is 22.2. The lowest BCUT2D eigenvalue weighted by molar-refractivity contribution is -0.137. The van der Waals surface area contributed by atoms with E-state index in [4.69, 9.17) is 9.47 Å². The summed E-state index contributed by atoms with van der Waals surface area (Å²) in [7, 11) is 1.60. The van der Waals surface area contributed by atoms with Crippen LogP contribution in [0.2, 0.25) is 0 Å². The van der Waals surface area contributed by atoms with Crippen LogP contribution in [0.1, 0.15) is 33.6 Å². The second-order valence-electron chi connectivity index (χ2n) is 7.67. The second-order valence-corrected chi connectivity index (χ2v) is 8.67. The van der Waals surface area contributed by atoms with Gasteiger partial charge in [-0.2, -0.15) is 0 Å². The molecule has 2 aromatic rings. The number of halogens is 1. The zero-order valence-electron chi connectivity index (χ0n) is 17.5. The van der Waals surface area contributed by atoms with Crippen LogP contribution in [0.5, 0.6) is 5.75 Å². The molecule has 2 N–H and O–H groups in total. The molecule has 0 bridgehead atoms. The number of amides is 1. The van der Waals surface area contributed by atoms with E-state index in [1.165, 1.54) is 4.90 Å². The number of carbonyl (C=O) groups excluding carboxylic acids is 2. The number of thiazole rings is 1. The van der Waals surface area contributed by atoms with Crippen LogP contribution in [0, 0.1) is 11.8 Å². The van der Waals surface area contributed by atoms with Crippen LogP contribution >= 0.6 is 11.3 Å². The summed E-state index contributed by atoms with van der Waals surface area (Å²) < 4.78 is 24.5. The van der Waals surface area contributed by atoms with Gasteiger partial charge in [-0.3, -0.25) is 4.79 Å². The number of fused-ring (bicyclic) bond motifs is 3. The number of hydrogen-bond acceptors (Lipinski definition) is 8. The standard InChI is InChI=1S/C22H21FN2O6S/c1-3-30-19(26)18-24-16-14-10-13(6-7-21(28)8-9-25(2)20(21)27)4-5-15(14)31-12-22(29,11-23)17(16)32-18/h4-5,10,28-29H,3,8-9,11-12H2,1-2H3/t21-,22?/m0/s1. The molecule has 32 heavy (non-hydrogen) atoms. The maximum Gasteiger partial charge on any atom is 0.367 e. The Bertz CT molecular complexity index is 1160. The molecule has 8 nitrogen and oxygen atoms in total. The Labute approximate surface area is 187 Å². The van der Waals surface area contributed by atoms with Crippen LogP contribution < -0.4 is 4.74 Å². The van der Waals surface area contributed by atoms with Crippen LogP contribution in [0.15, 0.2) is 18.2 Å². The van der Waals surface area contributed by atoms with Crippen molar-refractivity contribution in [2.75, 3.05) is 33.5 Å². The van der Waals surface area contributed by atoms with E-state index in [9.17, 15) is 24.2 Å². The molecule has 1 aromatic carbocycles. The first-order valence-corrected chi connectivity index (χ1v) is 10.8. The van der Waals surface area contributed by atoms with Crippen LogP contribution in [0.4, 0.5) is 4.39 Å². The monoisotopic (exact) mass is 460 g/mol. The number of likely N-dealkylation sites (tertiary alicyclic amines) is 1. The minimum Gasteiger partial charge on any atom is -0.489 e. The Kier molecular flexibility index (Phi) is 5.67. The first-order chi connectivity index (χ1) is 15.2. The maximum absolute atomic E-state index is 13.8. The van der Waals surface area contributed by atoms with Gasteiger partial charge < -0.3 is 24.6 Å². The highest BCUT2D eigenvalue weighted by atomic mass is 32.1. The summed E-state index contributed by atoms with van der Waals surface area (Å²) in [6.45, 7) is 0.714. The summed E-state index contributed by atoms with van der Waals surface area (Å²) in [6, 6.07) is 4.81. The van der Waals surface area contributed by atoms with E-state index >= 15 is 0 Å². The first-order valence-electron chi connectivity index (χ1n) is 9.96. The van der Waals surface area contributed by atoms with Gasteiger partial charge in [-0.15, -0.1) is 11.3 Å². The number of hydrogen-bond donors (Lipinski definition) is 2. The molecule has 2 aliphatic heterocycles. The van der Waals surface area contributed by atoms with E-state index in [-0.39, 0.29) is 35.2 Å². The molecule has 0 aliphatic carbocycles. The summed E-state index contributed by atoms with van der Waals surface area (Å²) in [4.78, 5) is 30.2. The Morgan fingerprint density at radius 3 is 2.88 bits per heavy atom. The fourth-order valence-electron chi connectivity index (χ4n) is 3.52. The number of nitrogens with zero attached hydrogens (tertiary/aromatic N) is 2. The number of esters is 1. The Morgan fingerprint density at radius 2 is 2.22 bits per heavy atom. The Balaban J connectivity index is 1.79. The van der Waals surface area contributed by atoms with Crippen molar-refractivity contribution >= 4 is 23.2 Å². The normalized spacial score (nSPS) is 24.0. The quantitative estimate of drug-likeness (QED) is 0.528. The van der Waals surface area contributed by atoms with Crippen molar-refractivity contribution in [2.45, 2.75) is 24.5 Å². The summed E-state index contributed by atoms with van der Waals surface area (Å²) >= 11 is 0.849. The molecule has 1 fully saturated rings. The van der Waals surface area contributed by atoms with Gasteiger partial charge >= 0.3 is 5.97 Å². The SMILES string of the molecule is CCOC(=O)c1nc2c(s1)C(O)(CF)COc1ccc(C#C[C@]3(O)CCN(C)C3=O)cc1-2. The summed E-state index contributed by atoms with van der Waals surface area (Å²) in [5.74, 6) is 4.65. The molecule has 0 spiro atoms. The predicted molar refractivity (Wildman–Crippen MR) is 113 cm³/mol. The lowest BCUT2D eigenvalue weighted by Crippen LogP contribution is -2.37. The smallest absolute Gasteiger partial charge is 0.367 e. The molecule has 10 heteroatoms. The van der Waals surface area contributed by atoms with Crippen LogP contribution in [-0.4, -0.2) is 71.1 Å². The highest BCUT2D eigenvalue weighted by molar-refractivity contribution is 7.14. The van der Waals surface area contributed by atoms with Gasteiger partial charge in [0, 0.05) is 31.1 Å². The van der Waals surface area contributed by atoms with Gasteiger partial charge in [0.1, 0.15) is 19.0 Å². The minimum atomic E-state index is -1.97. The lowest BCUT2D eigenvalue weighted by Gasteiger charge is -2.21. The zero-order valence-corrected chi connectivity index (χ0v) is 18.3. The Hall–Kier alpha value is -3.00. The molecule has 1 unspecified atom stereocenters. The van der Waals surface area contributed by atoms with Gasteiger partial charge in [0.15, 0.2) is 5.60 Å². The fourth-order valence-corrected chi connectivity index (χ4v) is 4.55. The molecule has 168 valence electrons. The van der Waals surface area contributed by atoms with Crippen molar-refractivity contribution in [3.05, 3.63) is 33.6 Å². The number of rotatable bonds is 3. The van der Waals surface area contributed by atoms with E-state index in [2.05, 4.69) is 16.8 Å². The molecule has 2 aliphatic rings. The number of carbonyl (C=O) groups is 2. The van der Waals surface area contributed by atoms with E-state index in [0.29, 0.717) is 23.4 Å². The number of aliphatic hydroxyl groups is 2. The molecule has 1 amide bonds. The number of aromatic nitrogens is 1. The van der Waals surface area contributed by atoms with Crippen molar-refractivity contribution in [2.24, 2.45) is 0 Å². The molecule has 0 radical (unpaired) electrons. The molecular weight excluding hydrogens is 439 g/mol. The molecule has 1 aromatic heterocycles. The van der Waals surface area contributed by atoms with Gasteiger partial charge in [0.05, 0.1) is 17.2 Å². The number of ether oxygens (including phenoxy) is 2. The summed E-state index contributed by atoms with van der Waals surface area (Å²) in [5, 5.41) is 21.3. The van der Waals surface area contributed by atoms with Gasteiger partial charge in [-0.1, -0.05) is 11.8 Å². The van der Waals surface area contributed by atoms with Gasteiger partial charge in [-0.05, 0) is 25.1 Å². The van der Waals surface area contributed by atoms with Crippen molar-refractivity contribution in [3.8, 4) is 28.8 Å². The average molecular weight is 460 g/mol. The number of likely N-dealkylation sites (N-methyl/N-ethyl adjacent to an activating group) is 1. The lowest BCUT2D eigenvalue weighted by atomic mass is 9.99. The van der Waals surface area contributed by atoms with Gasteiger partial charge in [-0.25, -0.2) is 14.2 Å². The van der Waals surface area contributed by atoms with E-state index in [1.807, 2.05) is 0 Å². The molecular formula is C22H21FN2O6S.